The van der Waals surface area contributed by atoms with Crippen molar-refractivity contribution in [2.45, 2.75) is 20.3 Å². The Labute approximate surface area is 112 Å². The quantitative estimate of drug-likeness (QED) is 0.842. The van der Waals surface area contributed by atoms with Crippen LogP contribution >= 0.6 is 0 Å². The molecule has 0 aliphatic carbocycles. The van der Waals surface area contributed by atoms with Crippen LogP contribution in [0.25, 0.3) is 5.69 Å². The summed E-state index contributed by atoms with van der Waals surface area (Å²) in [5.74, 6) is 1.13. The highest BCUT2D eigenvalue weighted by Crippen LogP contribution is 2.24. The maximum Gasteiger partial charge on any atom is 0.186 e. The molecule has 1 aromatic heterocycles. The van der Waals surface area contributed by atoms with E-state index in [-0.39, 0.29) is 0 Å². The zero-order valence-electron chi connectivity index (χ0n) is 11.3. The maximum atomic E-state index is 9.12. The number of hydrogen-bond donors (Lipinski definition) is 0. The first kappa shape index (κ1) is 13.1. The molecular weight excluding hydrogens is 240 g/mol. The fraction of sp³-hybridized carbons (Fsp3) is 0.357. The van der Waals surface area contributed by atoms with Crippen LogP contribution in [0.15, 0.2) is 24.3 Å². The van der Waals surface area contributed by atoms with Crippen molar-refractivity contribution < 1.29 is 4.74 Å². The first-order valence-electron chi connectivity index (χ1n) is 6.15. The minimum atomic E-state index is 0.375. The summed E-state index contributed by atoms with van der Waals surface area (Å²) in [5.41, 5.74) is 2.00. The summed E-state index contributed by atoms with van der Waals surface area (Å²) in [6.07, 6.45) is 0.744. The van der Waals surface area contributed by atoms with E-state index in [1.807, 2.05) is 24.3 Å². The fourth-order valence-corrected chi connectivity index (χ4v) is 1.96. The molecule has 98 valence electrons. The van der Waals surface area contributed by atoms with Crippen molar-refractivity contribution in [3.63, 3.8) is 0 Å². The molecule has 0 N–H and O–H groups in total. The molecule has 0 saturated heterocycles. The highest BCUT2D eigenvalue weighted by Gasteiger charge is 2.17. The summed E-state index contributed by atoms with van der Waals surface area (Å²) in [5, 5.41) is 17.1. The molecule has 0 radical (unpaired) electrons. The summed E-state index contributed by atoms with van der Waals surface area (Å²) >= 11 is 0. The SMILES string of the molecule is COc1ccccc1-n1nnc(C#N)c1CC(C)C. The van der Waals surface area contributed by atoms with Gasteiger partial charge < -0.3 is 4.74 Å². The predicted octanol–water partition coefficient (Wildman–Crippen LogP) is 2.35. The van der Waals surface area contributed by atoms with E-state index in [1.165, 1.54) is 0 Å². The van der Waals surface area contributed by atoms with Gasteiger partial charge in [0.15, 0.2) is 5.69 Å². The molecule has 0 atom stereocenters. The van der Waals surface area contributed by atoms with Crippen molar-refractivity contribution in [3.8, 4) is 17.5 Å². The minimum absolute atomic E-state index is 0.375. The highest BCUT2D eigenvalue weighted by atomic mass is 16.5. The Morgan fingerprint density at radius 2 is 2.11 bits per heavy atom. The molecule has 1 heterocycles. The van der Waals surface area contributed by atoms with Crippen molar-refractivity contribution in [1.82, 2.24) is 15.0 Å². The Bertz CT molecular complexity index is 610. The highest BCUT2D eigenvalue weighted by molar-refractivity contribution is 5.47. The van der Waals surface area contributed by atoms with E-state index in [0.717, 1.165) is 17.8 Å². The lowest BCUT2D eigenvalue weighted by atomic mass is 10.1. The largest absolute Gasteiger partial charge is 0.494 e. The minimum Gasteiger partial charge on any atom is -0.494 e. The van der Waals surface area contributed by atoms with Crippen LogP contribution < -0.4 is 4.74 Å². The number of methoxy groups -OCH3 is 1. The smallest absolute Gasteiger partial charge is 0.186 e. The zero-order chi connectivity index (χ0) is 13.8. The summed E-state index contributed by atoms with van der Waals surface area (Å²) < 4.78 is 7.02. The van der Waals surface area contributed by atoms with E-state index in [4.69, 9.17) is 10.00 Å². The van der Waals surface area contributed by atoms with E-state index < -0.39 is 0 Å². The number of aromatic nitrogens is 3. The summed E-state index contributed by atoms with van der Waals surface area (Å²) in [4.78, 5) is 0. The number of rotatable bonds is 4. The molecule has 5 nitrogen and oxygen atoms in total. The van der Waals surface area contributed by atoms with Crippen molar-refractivity contribution in [1.29, 1.82) is 5.26 Å². The third kappa shape index (κ3) is 2.58. The lowest BCUT2D eigenvalue weighted by Gasteiger charge is -2.11. The van der Waals surface area contributed by atoms with Crippen LogP contribution in [0, 0.1) is 17.2 Å². The fourth-order valence-electron chi connectivity index (χ4n) is 1.96. The number of nitrogens with zero attached hydrogens (tertiary/aromatic N) is 4. The van der Waals surface area contributed by atoms with Gasteiger partial charge in [-0.3, -0.25) is 0 Å². The molecule has 0 saturated carbocycles. The average molecular weight is 256 g/mol. The van der Waals surface area contributed by atoms with Gasteiger partial charge in [-0.1, -0.05) is 31.2 Å². The Hall–Kier alpha value is -2.35. The molecule has 0 spiro atoms. The second-order valence-electron chi connectivity index (χ2n) is 4.68. The maximum absolute atomic E-state index is 9.12. The standard InChI is InChI=1S/C14H16N4O/c1-10(2)8-13-11(9-15)16-17-18(13)12-6-4-5-7-14(12)19-3/h4-7,10H,8H2,1-3H3. The molecule has 1 aromatic carbocycles. The Kier molecular flexibility index (Phi) is 3.81. The van der Waals surface area contributed by atoms with Crippen LogP contribution in [-0.2, 0) is 6.42 Å². The Balaban J connectivity index is 2.56. The van der Waals surface area contributed by atoms with Crippen molar-refractivity contribution in [2.24, 2.45) is 5.92 Å². The molecule has 19 heavy (non-hydrogen) atoms. The van der Waals surface area contributed by atoms with Gasteiger partial charge >= 0.3 is 0 Å². The third-order valence-corrected chi connectivity index (χ3v) is 2.78. The summed E-state index contributed by atoms with van der Waals surface area (Å²) in [6.45, 7) is 4.20. The third-order valence-electron chi connectivity index (χ3n) is 2.78. The van der Waals surface area contributed by atoms with Gasteiger partial charge in [0, 0.05) is 0 Å². The first-order chi connectivity index (χ1) is 9.17. The number of ether oxygens (including phenoxy) is 1. The van der Waals surface area contributed by atoms with Crippen LogP contribution in [0.2, 0.25) is 0 Å². The van der Waals surface area contributed by atoms with E-state index in [1.54, 1.807) is 11.8 Å². The van der Waals surface area contributed by atoms with E-state index >= 15 is 0 Å². The van der Waals surface area contributed by atoms with Gasteiger partial charge in [-0.15, -0.1) is 5.10 Å². The molecule has 2 rings (SSSR count). The zero-order valence-corrected chi connectivity index (χ0v) is 11.3. The molecule has 0 bridgehead atoms. The van der Waals surface area contributed by atoms with Crippen molar-refractivity contribution >= 4 is 0 Å². The normalized spacial score (nSPS) is 10.5. The number of hydrogen-bond acceptors (Lipinski definition) is 4. The van der Waals surface area contributed by atoms with Crippen LogP contribution in [-0.4, -0.2) is 22.1 Å². The number of benzene rings is 1. The second kappa shape index (κ2) is 5.53. The Morgan fingerprint density at radius 3 is 2.74 bits per heavy atom. The topological polar surface area (TPSA) is 63.7 Å². The van der Waals surface area contributed by atoms with Gasteiger partial charge in [0.05, 0.1) is 12.8 Å². The van der Waals surface area contributed by atoms with E-state index in [9.17, 15) is 0 Å². The lowest BCUT2D eigenvalue weighted by molar-refractivity contribution is 0.410. The van der Waals surface area contributed by atoms with Gasteiger partial charge in [-0.05, 0) is 24.5 Å². The number of para-hydroxylation sites is 2. The van der Waals surface area contributed by atoms with Crippen LogP contribution in [0.1, 0.15) is 25.2 Å². The second-order valence-corrected chi connectivity index (χ2v) is 4.68. The van der Waals surface area contributed by atoms with Crippen LogP contribution in [0.5, 0.6) is 5.75 Å². The van der Waals surface area contributed by atoms with E-state index in [2.05, 4.69) is 30.2 Å². The molecule has 0 aliphatic heterocycles. The monoisotopic (exact) mass is 256 g/mol. The average Bonchev–Trinajstić information content (AvgIpc) is 2.80. The van der Waals surface area contributed by atoms with Gasteiger partial charge in [0.2, 0.25) is 0 Å². The van der Waals surface area contributed by atoms with Gasteiger partial charge in [-0.25, -0.2) is 4.68 Å². The molecule has 0 unspecified atom stereocenters. The summed E-state index contributed by atoms with van der Waals surface area (Å²) in [7, 11) is 1.61. The summed E-state index contributed by atoms with van der Waals surface area (Å²) in [6, 6.07) is 9.66. The van der Waals surface area contributed by atoms with Gasteiger partial charge in [0.25, 0.3) is 0 Å². The Morgan fingerprint density at radius 1 is 1.37 bits per heavy atom. The molecular formula is C14H16N4O. The number of nitriles is 1. The lowest BCUT2D eigenvalue weighted by Crippen LogP contribution is -2.07. The molecule has 2 aromatic rings. The van der Waals surface area contributed by atoms with Gasteiger partial charge in [-0.2, -0.15) is 5.26 Å². The van der Waals surface area contributed by atoms with Crippen LogP contribution in [0.3, 0.4) is 0 Å². The predicted molar refractivity (Wildman–Crippen MR) is 71.2 cm³/mol. The van der Waals surface area contributed by atoms with Crippen molar-refractivity contribution in [2.75, 3.05) is 7.11 Å². The molecule has 0 aliphatic rings. The molecule has 0 amide bonds. The van der Waals surface area contributed by atoms with Gasteiger partial charge in [0.1, 0.15) is 17.5 Å². The van der Waals surface area contributed by atoms with Crippen LogP contribution in [0.4, 0.5) is 0 Å². The van der Waals surface area contributed by atoms with E-state index in [0.29, 0.717) is 17.4 Å². The van der Waals surface area contributed by atoms with Crippen molar-refractivity contribution in [3.05, 3.63) is 35.7 Å². The molecule has 0 fully saturated rings. The first-order valence-corrected chi connectivity index (χ1v) is 6.15. The molecule has 5 heteroatoms.